The fourth-order valence-electron chi connectivity index (χ4n) is 4.00. The van der Waals surface area contributed by atoms with Gasteiger partial charge in [0.2, 0.25) is 5.91 Å². The third-order valence-electron chi connectivity index (χ3n) is 5.63. The van der Waals surface area contributed by atoms with Gasteiger partial charge in [0.25, 0.3) is 0 Å². The molecule has 2 N–H and O–H groups in total. The van der Waals surface area contributed by atoms with Gasteiger partial charge in [0.15, 0.2) is 0 Å². The predicted octanol–water partition coefficient (Wildman–Crippen LogP) is 3.07. The van der Waals surface area contributed by atoms with Crippen molar-refractivity contribution in [3.05, 3.63) is 35.4 Å². The molecular formula is C21H33N3O. The molecule has 0 saturated carbocycles. The lowest BCUT2D eigenvalue weighted by molar-refractivity contribution is -0.121. The van der Waals surface area contributed by atoms with Gasteiger partial charge < -0.3 is 10.6 Å². The van der Waals surface area contributed by atoms with E-state index in [1.165, 1.54) is 56.3 Å². The Morgan fingerprint density at radius 2 is 1.88 bits per heavy atom. The molecule has 1 amide bonds. The lowest BCUT2D eigenvalue weighted by Gasteiger charge is -2.21. The van der Waals surface area contributed by atoms with Crippen LogP contribution in [0.3, 0.4) is 0 Å². The molecule has 0 radical (unpaired) electrons. The van der Waals surface area contributed by atoms with Gasteiger partial charge in [-0.25, -0.2) is 0 Å². The summed E-state index contributed by atoms with van der Waals surface area (Å²) in [5.41, 5.74) is 2.63. The number of rotatable bonds is 7. The van der Waals surface area contributed by atoms with Gasteiger partial charge in [0.05, 0.1) is 0 Å². The average Bonchev–Trinajstić information content (AvgIpc) is 3.03. The highest BCUT2D eigenvalue weighted by molar-refractivity contribution is 5.75. The first kappa shape index (κ1) is 18.4. The fraction of sp³-hybridized carbons (Fsp3) is 0.667. The van der Waals surface area contributed by atoms with E-state index in [1.54, 1.807) is 0 Å². The van der Waals surface area contributed by atoms with Gasteiger partial charge >= 0.3 is 0 Å². The minimum absolute atomic E-state index is 0.191. The lowest BCUT2D eigenvalue weighted by atomic mass is 10.0. The van der Waals surface area contributed by atoms with E-state index >= 15 is 0 Å². The molecule has 138 valence electrons. The predicted molar refractivity (Wildman–Crippen MR) is 102 cm³/mol. The van der Waals surface area contributed by atoms with Crippen LogP contribution in [0.15, 0.2) is 24.3 Å². The van der Waals surface area contributed by atoms with Crippen molar-refractivity contribution in [1.29, 1.82) is 0 Å². The van der Waals surface area contributed by atoms with Crippen molar-refractivity contribution in [1.82, 2.24) is 15.5 Å². The number of amides is 1. The Kier molecular flexibility index (Phi) is 7.31. The van der Waals surface area contributed by atoms with Crippen molar-refractivity contribution in [3.8, 4) is 0 Å². The van der Waals surface area contributed by atoms with Crippen molar-refractivity contribution in [2.45, 2.75) is 58.0 Å². The summed E-state index contributed by atoms with van der Waals surface area (Å²) >= 11 is 0. The van der Waals surface area contributed by atoms with Gasteiger partial charge in [0, 0.05) is 19.5 Å². The van der Waals surface area contributed by atoms with Crippen LogP contribution >= 0.6 is 0 Å². The number of hydrogen-bond acceptors (Lipinski definition) is 3. The van der Waals surface area contributed by atoms with Crippen molar-refractivity contribution in [2.75, 3.05) is 26.2 Å². The Labute approximate surface area is 152 Å². The Balaban J connectivity index is 1.47. The topological polar surface area (TPSA) is 44.4 Å². The molecule has 0 spiro atoms. The number of likely N-dealkylation sites (tertiary alicyclic amines) is 1. The molecule has 4 nitrogen and oxygen atoms in total. The highest BCUT2D eigenvalue weighted by Crippen LogP contribution is 2.17. The molecular weight excluding hydrogens is 310 g/mol. The quantitative estimate of drug-likeness (QED) is 0.800. The molecule has 1 unspecified atom stereocenters. The molecule has 2 saturated heterocycles. The number of carbonyl (C=O) groups excluding carboxylic acids is 1. The Morgan fingerprint density at radius 1 is 1.12 bits per heavy atom. The maximum Gasteiger partial charge on any atom is 0.220 e. The lowest BCUT2D eigenvalue weighted by Crippen LogP contribution is -2.27. The summed E-state index contributed by atoms with van der Waals surface area (Å²) in [6.45, 7) is 6.26. The summed E-state index contributed by atoms with van der Waals surface area (Å²) in [7, 11) is 0. The molecule has 1 atom stereocenters. The maximum absolute atomic E-state index is 12.2. The summed E-state index contributed by atoms with van der Waals surface area (Å²) in [6.07, 6.45) is 8.24. The zero-order chi connectivity index (χ0) is 17.3. The highest BCUT2D eigenvalue weighted by atomic mass is 16.1. The molecule has 1 aromatic rings. The molecule has 2 heterocycles. The van der Waals surface area contributed by atoms with E-state index in [-0.39, 0.29) is 5.91 Å². The third-order valence-corrected chi connectivity index (χ3v) is 5.63. The average molecular weight is 344 g/mol. The van der Waals surface area contributed by atoms with Crippen LogP contribution in [-0.4, -0.2) is 37.0 Å². The van der Waals surface area contributed by atoms with Crippen LogP contribution in [0.25, 0.3) is 0 Å². The molecule has 0 aromatic heterocycles. The fourth-order valence-corrected chi connectivity index (χ4v) is 4.00. The molecule has 0 aliphatic carbocycles. The first-order valence-electron chi connectivity index (χ1n) is 10.1. The number of hydrogen-bond donors (Lipinski definition) is 2. The van der Waals surface area contributed by atoms with Crippen LogP contribution in [0.4, 0.5) is 0 Å². The number of benzene rings is 1. The first-order chi connectivity index (χ1) is 12.3. The van der Waals surface area contributed by atoms with Gasteiger partial charge in [0.1, 0.15) is 0 Å². The van der Waals surface area contributed by atoms with E-state index in [2.05, 4.69) is 39.8 Å². The molecule has 3 rings (SSSR count). The number of nitrogens with one attached hydrogen (secondary N) is 2. The number of carbonyl (C=O) groups is 1. The normalized spacial score (nSPS) is 21.8. The monoisotopic (exact) mass is 343 g/mol. The first-order valence-corrected chi connectivity index (χ1v) is 10.1. The van der Waals surface area contributed by atoms with E-state index in [1.807, 2.05) is 0 Å². The van der Waals surface area contributed by atoms with Gasteiger partial charge in [-0.2, -0.15) is 0 Å². The van der Waals surface area contributed by atoms with Crippen LogP contribution in [0.2, 0.25) is 0 Å². The van der Waals surface area contributed by atoms with Crippen molar-refractivity contribution >= 4 is 5.91 Å². The van der Waals surface area contributed by atoms with E-state index in [0.29, 0.717) is 18.9 Å². The Bertz CT molecular complexity index is 532. The highest BCUT2D eigenvalue weighted by Gasteiger charge is 2.16. The SMILES string of the molecule is O=C(CCC1CCNC1)NCc1ccccc1CN1CCCCCC1. The van der Waals surface area contributed by atoms with E-state index in [9.17, 15) is 4.79 Å². The second-order valence-electron chi connectivity index (χ2n) is 7.63. The molecule has 0 bridgehead atoms. The minimum Gasteiger partial charge on any atom is -0.352 e. The molecule has 1 aromatic carbocycles. The zero-order valence-electron chi connectivity index (χ0n) is 15.4. The Hall–Kier alpha value is -1.39. The molecule has 2 aliphatic heterocycles. The summed E-state index contributed by atoms with van der Waals surface area (Å²) in [5, 5.41) is 6.50. The maximum atomic E-state index is 12.2. The van der Waals surface area contributed by atoms with Crippen LogP contribution < -0.4 is 10.6 Å². The summed E-state index contributed by atoms with van der Waals surface area (Å²) in [6, 6.07) is 8.58. The van der Waals surface area contributed by atoms with Gasteiger partial charge in [-0.3, -0.25) is 9.69 Å². The van der Waals surface area contributed by atoms with Gasteiger partial charge in [-0.15, -0.1) is 0 Å². The van der Waals surface area contributed by atoms with Crippen LogP contribution in [0, 0.1) is 5.92 Å². The standard InChI is InChI=1S/C21H33N3O/c25-21(10-9-18-11-12-22-15-18)23-16-19-7-3-4-8-20(19)17-24-13-5-1-2-6-14-24/h3-4,7-8,18,22H,1-2,5-6,9-17H2,(H,23,25). The Morgan fingerprint density at radius 3 is 2.60 bits per heavy atom. The summed E-state index contributed by atoms with van der Waals surface area (Å²) in [5.74, 6) is 0.873. The largest absolute Gasteiger partial charge is 0.352 e. The van der Waals surface area contributed by atoms with E-state index in [0.717, 1.165) is 26.1 Å². The van der Waals surface area contributed by atoms with Crippen LogP contribution in [0.1, 0.15) is 56.1 Å². The molecule has 25 heavy (non-hydrogen) atoms. The van der Waals surface area contributed by atoms with Gasteiger partial charge in [-0.05, 0) is 68.9 Å². The van der Waals surface area contributed by atoms with E-state index in [4.69, 9.17) is 0 Å². The third kappa shape index (κ3) is 6.12. The second-order valence-corrected chi connectivity index (χ2v) is 7.63. The molecule has 4 heteroatoms. The minimum atomic E-state index is 0.191. The van der Waals surface area contributed by atoms with Crippen molar-refractivity contribution < 1.29 is 4.79 Å². The van der Waals surface area contributed by atoms with E-state index < -0.39 is 0 Å². The van der Waals surface area contributed by atoms with Crippen molar-refractivity contribution in [3.63, 3.8) is 0 Å². The number of nitrogens with zero attached hydrogens (tertiary/aromatic N) is 1. The van der Waals surface area contributed by atoms with Crippen LogP contribution in [0.5, 0.6) is 0 Å². The zero-order valence-corrected chi connectivity index (χ0v) is 15.4. The van der Waals surface area contributed by atoms with Gasteiger partial charge in [-0.1, -0.05) is 37.1 Å². The molecule has 2 fully saturated rings. The summed E-state index contributed by atoms with van der Waals surface area (Å²) < 4.78 is 0. The smallest absolute Gasteiger partial charge is 0.220 e. The van der Waals surface area contributed by atoms with Crippen molar-refractivity contribution in [2.24, 2.45) is 5.92 Å². The summed E-state index contributed by atoms with van der Waals surface area (Å²) in [4.78, 5) is 14.7. The second kappa shape index (κ2) is 9.93. The van der Waals surface area contributed by atoms with Crippen LogP contribution in [-0.2, 0) is 17.9 Å². The molecule has 2 aliphatic rings.